The molecule has 1 heterocycles. The van der Waals surface area contributed by atoms with Gasteiger partial charge in [0.05, 0.1) is 11.7 Å². The smallest absolute Gasteiger partial charge is 0.153 e. The quantitative estimate of drug-likeness (QED) is 0.646. The molecule has 2 rings (SSSR count). The maximum absolute atomic E-state index is 6.17. The number of benzene rings is 1. The minimum absolute atomic E-state index is 0.159. The maximum atomic E-state index is 6.17. The Balaban J connectivity index is 2.29. The average molecular weight is 365 g/mol. The third-order valence-electron chi connectivity index (χ3n) is 2.80. The van der Waals surface area contributed by atoms with E-state index in [1.54, 1.807) is 23.9 Å². The highest BCUT2D eigenvalue weighted by molar-refractivity contribution is 9.10. The standard InChI is InChI=1S/C11H12BrCl2N5/c1-19-10(11(12)17-18-19)9(16-15)4-6-2-3-7(13)5-8(6)14/h2-3,5,9,16H,4,15H2,1H3. The molecule has 0 saturated heterocycles. The van der Waals surface area contributed by atoms with E-state index in [-0.39, 0.29) is 6.04 Å². The molecule has 0 bridgehead atoms. The lowest BCUT2D eigenvalue weighted by Crippen LogP contribution is -2.31. The fraction of sp³-hybridized carbons (Fsp3) is 0.273. The number of aryl methyl sites for hydroxylation is 1. The molecule has 5 nitrogen and oxygen atoms in total. The number of rotatable bonds is 4. The molecule has 3 N–H and O–H groups in total. The van der Waals surface area contributed by atoms with E-state index in [9.17, 15) is 0 Å². The van der Waals surface area contributed by atoms with Crippen LogP contribution in [0.4, 0.5) is 0 Å². The predicted molar refractivity (Wildman–Crippen MR) is 78.9 cm³/mol. The van der Waals surface area contributed by atoms with E-state index in [4.69, 9.17) is 29.0 Å². The number of halogens is 3. The monoisotopic (exact) mass is 363 g/mol. The third kappa shape index (κ3) is 3.27. The third-order valence-corrected chi connectivity index (χ3v) is 3.95. The van der Waals surface area contributed by atoms with E-state index in [0.29, 0.717) is 21.1 Å². The summed E-state index contributed by atoms with van der Waals surface area (Å²) >= 11 is 15.4. The lowest BCUT2D eigenvalue weighted by molar-refractivity contribution is 0.505. The highest BCUT2D eigenvalue weighted by Gasteiger charge is 2.20. The van der Waals surface area contributed by atoms with Gasteiger partial charge in [-0.2, -0.15) is 0 Å². The van der Waals surface area contributed by atoms with E-state index in [2.05, 4.69) is 31.7 Å². The highest BCUT2D eigenvalue weighted by Crippen LogP contribution is 2.28. The van der Waals surface area contributed by atoms with Crippen LogP contribution in [0.1, 0.15) is 17.3 Å². The van der Waals surface area contributed by atoms with Crippen molar-refractivity contribution in [2.75, 3.05) is 0 Å². The molecule has 1 aromatic carbocycles. The van der Waals surface area contributed by atoms with Crippen molar-refractivity contribution in [1.29, 1.82) is 0 Å². The summed E-state index contributed by atoms with van der Waals surface area (Å²) < 4.78 is 2.32. The molecule has 2 aromatic rings. The molecule has 102 valence electrons. The van der Waals surface area contributed by atoms with Crippen molar-refractivity contribution < 1.29 is 0 Å². The molecular weight excluding hydrogens is 353 g/mol. The maximum Gasteiger partial charge on any atom is 0.153 e. The Labute approximate surface area is 129 Å². The van der Waals surface area contributed by atoms with Gasteiger partial charge in [0.1, 0.15) is 0 Å². The van der Waals surface area contributed by atoms with Crippen molar-refractivity contribution in [1.82, 2.24) is 20.4 Å². The van der Waals surface area contributed by atoms with Gasteiger partial charge in [-0.25, -0.2) is 4.68 Å². The number of nitrogens with two attached hydrogens (primary N) is 1. The van der Waals surface area contributed by atoms with Crippen molar-refractivity contribution in [3.63, 3.8) is 0 Å². The average Bonchev–Trinajstić information content (AvgIpc) is 2.69. The van der Waals surface area contributed by atoms with Crippen LogP contribution >= 0.6 is 39.1 Å². The van der Waals surface area contributed by atoms with Gasteiger partial charge in [0.25, 0.3) is 0 Å². The van der Waals surface area contributed by atoms with Crippen LogP contribution in [0.3, 0.4) is 0 Å². The fourth-order valence-corrected chi connectivity index (χ4v) is 2.94. The van der Waals surface area contributed by atoms with E-state index in [1.165, 1.54) is 0 Å². The van der Waals surface area contributed by atoms with Crippen molar-refractivity contribution in [3.8, 4) is 0 Å². The molecular formula is C11H12BrCl2N5. The molecule has 0 aliphatic rings. The molecule has 0 fully saturated rings. The number of hydrazine groups is 1. The molecule has 0 radical (unpaired) electrons. The number of aromatic nitrogens is 3. The molecule has 1 aromatic heterocycles. The molecule has 0 amide bonds. The summed E-state index contributed by atoms with van der Waals surface area (Å²) in [6.07, 6.45) is 0.603. The largest absolute Gasteiger partial charge is 0.271 e. The number of hydrogen-bond donors (Lipinski definition) is 2. The van der Waals surface area contributed by atoms with Crippen LogP contribution in [0.2, 0.25) is 10.0 Å². The van der Waals surface area contributed by atoms with Gasteiger partial charge in [-0.3, -0.25) is 11.3 Å². The zero-order valence-corrected chi connectivity index (χ0v) is 13.2. The summed E-state index contributed by atoms with van der Waals surface area (Å²) in [4.78, 5) is 0. The SMILES string of the molecule is Cn1nnc(Br)c1C(Cc1ccc(Cl)cc1Cl)NN. The number of nitrogens with zero attached hydrogens (tertiary/aromatic N) is 3. The van der Waals surface area contributed by atoms with Gasteiger partial charge in [0, 0.05) is 17.1 Å². The van der Waals surface area contributed by atoms with Gasteiger partial charge >= 0.3 is 0 Å². The van der Waals surface area contributed by atoms with E-state index < -0.39 is 0 Å². The van der Waals surface area contributed by atoms with Gasteiger partial charge in [-0.1, -0.05) is 34.5 Å². The van der Waals surface area contributed by atoms with Crippen LogP contribution in [0.15, 0.2) is 22.8 Å². The van der Waals surface area contributed by atoms with E-state index in [0.717, 1.165) is 11.3 Å². The molecule has 1 atom stereocenters. The van der Waals surface area contributed by atoms with Crippen LogP contribution in [0.5, 0.6) is 0 Å². The molecule has 0 aliphatic carbocycles. The predicted octanol–water partition coefficient (Wildman–Crippen LogP) is 2.63. The lowest BCUT2D eigenvalue weighted by atomic mass is 10.0. The first-order valence-corrected chi connectivity index (χ1v) is 7.03. The molecule has 0 spiro atoms. The normalized spacial score (nSPS) is 12.7. The van der Waals surface area contributed by atoms with Crippen molar-refractivity contribution in [2.45, 2.75) is 12.5 Å². The Hall–Kier alpha value is -0.660. The van der Waals surface area contributed by atoms with Crippen molar-refractivity contribution in [3.05, 3.63) is 44.1 Å². The molecule has 1 unspecified atom stereocenters. The zero-order chi connectivity index (χ0) is 14.0. The molecule has 0 saturated carbocycles. The Kier molecular flexibility index (Phi) is 4.81. The van der Waals surface area contributed by atoms with Gasteiger partial charge in [-0.15, -0.1) is 5.10 Å². The summed E-state index contributed by atoms with van der Waals surface area (Å²) in [5.74, 6) is 5.62. The van der Waals surface area contributed by atoms with Gasteiger partial charge in [-0.05, 0) is 40.0 Å². The molecule has 19 heavy (non-hydrogen) atoms. The molecule has 0 aliphatic heterocycles. The van der Waals surface area contributed by atoms with Gasteiger partial charge in [0.15, 0.2) is 4.60 Å². The minimum atomic E-state index is -0.159. The van der Waals surface area contributed by atoms with Crippen LogP contribution in [-0.4, -0.2) is 15.0 Å². The number of hydrogen-bond acceptors (Lipinski definition) is 4. The van der Waals surface area contributed by atoms with Crippen LogP contribution in [-0.2, 0) is 13.5 Å². The summed E-state index contributed by atoms with van der Waals surface area (Å²) in [7, 11) is 1.81. The first-order valence-electron chi connectivity index (χ1n) is 5.48. The Morgan fingerprint density at radius 3 is 2.74 bits per heavy atom. The second-order valence-electron chi connectivity index (χ2n) is 4.05. The second-order valence-corrected chi connectivity index (χ2v) is 5.64. The van der Waals surface area contributed by atoms with E-state index >= 15 is 0 Å². The second kappa shape index (κ2) is 6.19. The van der Waals surface area contributed by atoms with Crippen molar-refractivity contribution >= 4 is 39.1 Å². The number of nitrogens with one attached hydrogen (secondary N) is 1. The summed E-state index contributed by atoms with van der Waals surface area (Å²) in [5.41, 5.74) is 4.56. The molecule has 8 heteroatoms. The van der Waals surface area contributed by atoms with Crippen LogP contribution in [0.25, 0.3) is 0 Å². The topological polar surface area (TPSA) is 68.8 Å². The van der Waals surface area contributed by atoms with Crippen molar-refractivity contribution in [2.24, 2.45) is 12.9 Å². The van der Waals surface area contributed by atoms with Crippen LogP contribution in [0, 0.1) is 0 Å². The summed E-state index contributed by atoms with van der Waals surface area (Å²) in [6, 6.07) is 5.23. The fourth-order valence-electron chi connectivity index (χ4n) is 1.85. The first-order chi connectivity index (χ1) is 9.02. The lowest BCUT2D eigenvalue weighted by Gasteiger charge is -2.17. The zero-order valence-electron chi connectivity index (χ0n) is 10.1. The van der Waals surface area contributed by atoms with E-state index in [1.807, 2.05) is 6.07 Å². The highest BCUT2D eigenvalue weighted by atomic mass is 79.9. The first kappa shape index (κ1) is 14.7. The summed E-state index contributed by atoms with van der Waals surface area (Å²) in [6.45, 7) is 0. The minimum Gasteiger partial charge on any atom is -0.271 e. The van der Waals surface area contributed by atoms with Crippen LogP contribution < -0.4 is 11.3 Å². The Morgan fingerprint density at radius 2 is 2.21 bits per heavy atom. The summed E-state index contributed by atoms with van der Waals surface area (Å²) in [5, 5.41) is 9.09. The Morgan fingerprint density at radius 1 is 1.47 bits per heavy atom. The Bertz CT molecular complexity index is 567. The van der Waals surface area contributed by atoms with Gasteiger partial charge < -0.3 is 0 Å². The van der Waals surface area contributed by atoms with Gasteiger partial charge in [0.2, 0.25) is 0 Å².